The summed E-state index contributed by atoms with van der Waals surface area (Å²) in [6.45, 7) is 4.93. The van der Waals surface area contributed by atoms with E-state index in [9.17, 15) is 14.7 Å². The van der Waals surface area contributed by atoms with Gasteiger partial charge in [-0.05, 0) is 31.4 Å². The molecule has 1 aliphatic heterocycles. The van der Waals surface area contributed by atoms with E-state index in [0.717, 1.165) is 18.4 Å². The molecule has 6 nitrogen and oxygen atoms in total. The third kappa shape index (κ3) is 2.74. The molecule has 3 rings (SSSR count). The third-order valence-corrected chi connectivity index (χ3v) is 4.61. The molecule has 2 aromatic heterocycles. The number of nitrogens with zero attached hydrogens (tertiary/aromatic N) is 3. The van der Waals surface area contributed by atoms with Crippen molar-refractivity contribution in [3.8, 4) is 0 Å². The normalized spacial score (nSPS) is 21.6. The number of hydrogen-bond acceptors (Lipinski definition) is 4. The van der Waals surface area contributed by atoms with Gasteiger partial charge in [0.1, 0.15) is 11.2 Å². The first-order valence-corrected chi connectivity index (χ1v) is 7.82. The van der Waals surface area contributed by atoms with Gasteiger partial charge in [-0.3, -0.25) is 14.0 Å². The number of piperidine rings is 1. The van der Waals surface area contributed by atoms with Crippen LogP contribution in [0, 0.1) is 12.3 Å². The molecule has 0 aliphatic carbocycles. The lowest BCUT2D eigenvalue weighted by Gasteiger charge is -2.39. The number of amides is 1. The van der Waals surface area contributed by atoms with Crippen molar-refractivity contribution in [2.24, 2.45) is 5.41 Å². The standard InChI is InChI=1S/C17H21N3O3/c1-12-5-3-8-20-14(12)18-9-13(16(20)23)15(22)19-7-4-6-17(2,10-19)11-21/h3,5,8-9,21H,4,6-7,10-11H2,1-2H3. The fourth-order valence-electron chi connectivity index (χ4n) is 3.18. The number of aromatic nitrogens is 2. The molecule has 0 saturated carbocycles. The molecule has 1 unspecified atom stereocenters. The molecule has 122 valence electrons. The van der Waals surface area contributed by atoms with Crippen LogP contribution in [-0.2, 0) is 0 Å². The predicted molar refractivity (Wildman–Crippen MR) is 86.5 cm³/mol. The van der Waals surface area contributed by atoms with Crippen LogP contribution in [-0.4, -0.2) is 45.0 Å². The highest BCUT2D eigenvalue weighted by Gasteiger charge is 2.33. The number of carbonyl (C=O) groups excluding carboxylic acids is 1. The Balaban J connectivity index is 1.99. The summed E-state index contributed by atoms with van der Waals surface area (Å²) in [5.74, 6) is -0.308. The maximum absolute atomic E-state index is 12.7. The van der Waals surface area contributed by atoms with Crippen LogP contribution < -0.4 is 5.56 Å². The van der Waals surface area contributed by atoms with Crippen LogP contribution in [0.5, 0.6) is 0 Å². The first-order valence-electron chi connectivity index (χ1n) is 7.82. The first kappa shape index (κ1) is 15.7. The minimum atomic E-state index is -0.347. The Morgan fingerprint density at radius 1 is 1.48 bits per heavy atom. The molecule has 0 spiro atoms. The first-order chi connectivity index (χ1) is 10.9. The Labute approximate surface area is 134 Å². The SMILES string of the molecule is Cc1cccn2c(=O)c(C(=O)N3CCCC(C)(CO)C3)cnc12. The lowest BCUT2D eigenvalue weighted by atomic mass is 9.82. The highest BCUT2D eigenvalue weighted by molar-refractivity contribution is 5.94. The second-order valence-electron chi connectivity index (χ2n) is 6.66. The lowest BCUT2D eigenvalue weighted by Crippen LogP contribution is -2.47. The molecule has 1 aliphatic rings. The molecule has 1 amide bonds. The van der Waals surface area contributed by atoms with E-state index in [1.165, 1.54) is 10.6 Å². The number of aryl methyl sites for hydroxylation is 1. The predicted octanol–water partition coefficient (Wildman–Crippen LogP) is 1.24. The Hall–Kier alpha value is -2.21. The van der Waals surface area contributed by atoms with Gasteiger partial charge in [0, 0.05) is 30.9 Å². The van der Waals surface area contributed by atoms with Crippen LogP contribution in [0.3, 0.4) is 0 Å². The van der Waals surface area contributed by atoms with Crippen molar-refractivity contribution in [3.63, 3.8) is 0 Å². The average molecular weight is 315 g/mol. The molecular weight excluding hydrogens is 294 g/mol. The van der Waals surface area contributed by atoms with E-state index >= 15 is 0 Å². The van der Waals surface area contributed by atoms with Crippen LogP contribution in [0.4, 0.5) is 0 Å². The summed E-state index contributed by atoms with van der Waals surface area (Å²) in [5.41, 5.74) is 0.878. The number of aliphatic hydroxyl groups is 1. The number of likely N-dealkylation sites (tertiary alicyclic amines) is 1. The average Bonchev–Trinajstić information content (AvgIpc) is 2.55. The van der Waals surface area contributed by atoms with Crippen molar-refractivity contribution in [1.82, 2.24) is 14.3 Å². The number of pyridine rings is 1. The number of carbonyl (C=O) groups is 1. The lowest BCUT2D eigenvalue weighted by molar-refractivity contribution is 0.0356. The molecule has 1 N–H and O–H groups in total. The molecule has 1 saturated heterocycles. The fourth-order valence-corrected chi connectivity index (χ4v) is 3.18. The summed E-state index contributed by atoms with van der Waals surface area (Å²) in [7, 11) is 0. The van der Waals surface area contributed by atoms with E-state index in [-0.39, 0.29) is 29.1 Å². The van der Waals surface area contributed by atoms with E-state index in [1.54, 1.807) is 17.2 Å². The van der Waals surface area contributed by atoms with Crippen LogP contribution in [0.2, 0.25) is 0 Å². The molecule has 3 heterocycles. The second kappa shape index (κ2) is 5.77. The number of fused-ring (bicyclic) bond motifs is 1. The summed E-state index contributed by atoms with van der Waals surface area (Å²) >= 11 is 0. The van der Waals surface area contributed by atoms with Crippen LogP contribution in [0.25, 0.3) is 5.65 Å². The van der Waals surface area contributed by atoms with Crippen molar-refractivity contribution < 1.29 is 9.90 Å². The third-order valence-electron chi connectivity index (χ3n) is 4.61. The van der Waals surface area contributed by atoms with Crippen molar-refractivity contribution in [3.05, 3.63) is 46.0 Å². The van der Waals surface area contributed by atoms with Gasteiger partial charge in [-0.25, -0.2) is 4.98 Å². The molecule has 1 atom stereocenters. The zero-order chi connectivity index (χ0) is 16.6. The van der Waals surface area contributed by atoms with Crippen molar-refractivity contribution in [2.45, 2.75) is 26.7 Å². The molecule has 0 aromatic carbocycles. The Morgan fingerprint density at radius 2 is 2.26 bits per heavy atom. The van der Waals surface area contributed by atoms with Crippen molar-refractivity contribution in [1.29, 1.82) is 0 Å². The van der Waals surface area contributed by atoms with Crippen LogP contribution in [0.15, 0.2) is 29.3 Å². The summed E-state index contributed by atoms with van der Waals surface area (Å²) in [6, 6.07) is 3.64. The highest BCUT2D eigenvalue weighted by atomic mass is 16.3. The van der Waals surface area contributed by atoms with Crippen LogP contribution >= 0.6 is 0 Å². The van der Waals surface area contributed by atoms with Gasteiger partial charge in [-0.1, -0.05) is 13.0 Å². The zero-order valence-corrected chi connectivity index (χ0v) is 13.5. The number of rotatable bonds is 2. The van der Waals surface area contributed by atoms with Gasteiger partial charge >= 0.3 is 0 Å². The van der Waals surface area contributed by atoms with Crippen molar-refractivity contribution >= 4 is 11.6 Å². The highest BCUT2D eigenvalue weighted by Crippen LogP contribution is 2.29. The molecule has 2 aromatic rings. The summed E-state index contributed by atoms with van der Waals surface area (Å²) in [5, 5.41) is 9.53. The van der Waals surface area contributed by atoms with E-state index in [4.69, 9.17) is 0 Å². The molecule has 0 bridgehead atoms. The Morgan fingerprint density at radius 3 is 3.00 bits per heavy atom. The van der Waals surface area contributed by atoms with Crippen molar-refractivity contribution in [2.75, 3.05) is 19.7 Å². The van der Waals surface area contributed by atoms with Gasteiger partial charge in [0.2, 0.25) is 0 Å². The van der Waals surface area contributed by atoms with Gasteiger partial charge in [0.05, 0.1) is 6.61 Å². The quantitative estimate of drug-likeness (QED) is 0.905. The van der Waals surface area contributed by atoms with E-state index in [2.05, 4.69) is 4.98 Å². The topological polar surface area (TPSA) is 74.9 Å². The Bertz CT molecular complexity index is 814. The van der Waals surface area contributed by atoms with Gasteiger partial charge in [0.25, 0.3) is 11.5 Å². The molecule has 6 heteroatoms. The van der Waals surface area contributed by atoms with Gasteiger partial charge in [-0.2, -0.15) is 0 Å². The molecular formula is C17H21N3O3. The van der Waals surface area contributed by atoms with E-state index in [1.807, 2.05) is 19.9 Å². The maximum atomic E-state index is 12.7. The smallest absolute Gasteiger partial charge is 0.270 e. The van der Waals surface area contributed by atoms with E-state index < -0.39 is 0 Å². The largest absolute Gasteiger partial charge is 0.396 e. The maximum Gasteiger partial charge on any atom is 0.270 e. The van der Waals surface area contributed by atoms with Gasteiger partial charge in [0.15, 0.2) is 0 Å². The molecule has 0 radical (unpaired) electrons. The molecule has 23 heavy (non-hydrogen) atoms. The summed E-state index contributed by atoms with van der Waals surface area (Å²) in [6.07, 6.45) is 4.70. The van der Waals surface area contributed by atoms with Gasteiger partial charge in [-0.15, -0.1) is 0 Å². The zero-order valence-electron chi connectivity index (χ0n) is 13.5. The number of aliphatic hydroxyl groups excluding tert-OH is 1. The fraction of sp³-hybridized carbons (Fsp3) is 0.471. The minimum absolute atomic E-state index is 0.0327. The van der Waals surface area contributed by atoms with Gasteiger partial charge < -0.3 is 10.0 Å². The minimum Gasteiger partial charge on any atom is -0.396 e. The summed E-state index contributed by atoms with van der Waals surface area (Å²) in [4.78, 5) is 31.3. The van der Waals surface area contributed by atoms with E-state index in [0.29, 0.717) is 18.7 Å². The van der Waals surface area contributed by atoms with Crippen LogP contribution in [0.1, 0.15) is 35.7 Å². The summed E-state index contributed by atoms with van der Waals surface area (Å²) < 4.78 is 1.41. The molecule has 1 fully saturated rings. The monoisotopic (exact) mass is 315 g/mol. The second-order valence-corrected chi connectivity index (χ2v) is 6.66. The Kier molecular flexibility index (Phi) is 3.93. The number of hydrogen-bond donors (Lipinski definition) is 1.